The molecule has 0 radical (unpaired) electrons. The molecule has 0 amide bonds. The fourth-order valence-corrected chi connectivity index (χ4v) is 3.63. The van der Waals surface area contributed by atoms with Crippen LogP contribution in [0, 0.1) is 0 Å². The summed E-state index contributed by atoms with van der Waals surface area (Å²) in [4.78, 5) is 4.46. The van der Waals surface area contributed by atoms with Gasteiger partial charge in [-0.15, -0.1) is 10.2 Å². The van der Waals surface area contributed by atoms with Crippen molar-refractivity contribution in [3.05, 3.63) is 71.8 Å². The molecule has 4 rings (SSSR count). The van der Waals surface area contributed by atoms with Gasteiger partial charge in [0.15, 0.2) is 5.16 Å². The Morgan fingerprint density at radius 2 is 1.96 bits per heavy atom. The van der Waals surface area contributed by atoms with Crippen molar-refractivity contribution in [2.24, 2.45) is 0 Å². The fraction of sp³-hybridized carbons (Fsp3) is 0.158. The van der Waals surface area contributed by atoms with Crippen LogP contribution in [0.5, 0.6) is 0 Å². The number of hydrogen-bond acceptors (Lipinski definition) is 6. The lowest BCUT2D eigenvalue weighted by Gasteiger charge is -2.06. The second-order valence-electron chi connectivity index (χ2n) is 5.79. The summed E-state index contributed by atoms with van der Waals surface area (Å²) in [5.41, 5.74) is 1.90. The third-order valence-corrected chi connectivity index (χ3v) is 5.13. The summed E-state index contributed by atoms with van der Waals surface area (Å²) in [5.74, 6) is 2.13. The fourth-order valence-electron chi connectivity index (χ4n) is 2.57. The zero-order valence-electron chi connectivity index (χ0n) is 14.3. The molecule has 2 aromatic heterocycles. The lowest BCUT2D eigenvalue weighted by Crippen LogP contribution is -1.96. The van der Waals surface area contributed by atoms with Crippen LogP contribution in [0.1, 0.15) is 12.3 Å². The number of aryl methyl sites for hydroxylation is 1. The van der Waals surface area contributed by atoms with Crippen LogP contribution in [0.4, 0.5) is 0 Å². The van der Waals surface area contributed by atoms with Crippen molar-refractivity contribution < 1.29 is 4.52 Å². The van der Waals surface area contributed by atoms with Gasteiger partial charge in [-0.2, -0.15) is 4.98 Å². The van der Waals surface area contributed by atoms with Gasteiger partial charge in [-0.05, 0) is 24.6 Å². The summed E-state index contributed by atoms with van der Waals surface area (Å²) in [6.07, 6.45) is 3.31. The van der Waals surface area contributed by atoms with E-state index < -0.39 is 0 Å². The van der Waals surface area contributed by atoms with Crippen molar-refractivity contribution in [2.75, 3.05) is 5.75 Å². The van der Waals surface area contributed by atoms with Crippen LogP contribution >= 0.6 is 23.4 Å². The van der Waals surface area contributed by atoms with Gasteiger partial charge in [0.05, 0.1) is 5.69 Å². The van der Waals surface area contributed by atoms with E-state index in [2.05, 4.69) is 20.3 Å². The van der Waals surface area contributed by atoms with E-state index in [4.69, 9.17) is 16.1 Å². The van der Waals surface area contributed by atoms with Gasteiger partial charge in [-0.1, -0.05) is 64.9 Å². The smallest absolute Gasteiger partial charge is 0.226 e. The van der Waals surface area contributed by atoms with E-state index in [0.29, 0.717) is 16.7 Å². The minimum absolute atomic E-state index is 0.624. The first-order valence-corrected chi connectivity index (χ1v) is 9.83. The number of benzene rings is 2. The molecular formula is C19H16ClN5OS. The van der Waals surface area contributed by atoms with Gasteiger partial charge < -0.3 is 4.52 Å². The molecule has 0 unspecified atom stereocenters. The number of aromatic nitrogens is 5. The second-order valence-corrected chi connectivity index (χ2v) is 7.29. The molecule has 0 aliphatic rings. The topological polar surface area (TPSA) is 69.6 Å². The second kappa shape index (κ2) is 8.37. The standard InChI is InChI=1S/C19H16ClN5OS/c20-15-8-4-9-16(12-15)25-13-21-23-19(25)27-11-5-10-17-22-18(24-26-17)14-6-2-1-3-7-14/h1-4,6-9,12-13H,5,10-11H2. The van der Waals surface area contributed by atoms with Crippen molar-refractivity contribution in [3.8, 4) is 17.1 Å². The van der Waals surface area contributed by atoms with Crippen LogP contribution in [0.2, 0.25) is 5.02 Å². The Bertz CT molecular complexity index is 1020. The molecule has 0 saturated carbocycles. The summed E-state index contributed by atoms with van der Waals surface area (Å²) >= 11 is 7.70. The maximum absolute atomic E-state index is 6.07. The molecule has 27 heavy (non-hydrogen) atoms. The summed E-state index contributed by atoms with van der Waals surface area (Å²) in [6, 6.07) is 17.4. The van der Waals surface area contributed by atoms with Gasteiger partial charge >= 0.3 is 0 Å². The van der Waals surface area contributed by atoms with E-state index >= 15 is 0 Å². The molecule has 0 fully saturated rings. The highest BCUT2D eigenvalue weighted by Gasteiger charge is 2.10. The molecule has 6 nitrogen and oxygen atoms in total. The zero-order chi connectivity index (χ0) is 18.5. The Morgan fingerprint density at radius 1 is 1.07 bits per heavy atom. The van der Waals surface area contributed by atoms with Crippen molar-refractivity contribution >= 4 is 23.4 Å². The Kier molecular flexibility index (Phi) is 5.50. The normalized spacial score (nSPS) is 11.0. The molecule has 8 heteroatoms. The molecule has 0 atom stereocenters. The first-order valence-electron chi connectivity index (χ1n) is 8.46. The van der Waals surface area contributed by atoms with Crippen LogP contribution in [0.3, 0.4) is 0 Å². The SMILES string of the molecule is Clc1cccc(-n2cnnc2SCCCc2nc(-c3ccccc3)no2)c1. The molecule has 0 saturated heterocycles. The van der Waals surface area contributed by atoms with Gasteiger partial charge in [0, 0.05) is 22.8 Å². The summed E-state index contributed by atoms with van der Waals surface area (Å²) in [5, 5.41) is 13.8. The van der Waals surface area contributed by atoms with E-state index in [9.17, 15) is 0 Å². The quantitative estimate of drug-likeness (QED) is 0.332. The Balaban J connectivity index is 1.33. The van der Waals surface area contributed by atoms with Crippen molar-refractivity contribution in [1.82, 2.24) is 24.9 Å². The number of halogens is 1. The molecule has 0 N–H and O–H groups in total. The summed E-state index contributed by atoms with van der Waals surface area (Å²) in [6.45, 7) is 0. The molecular weight excluding hydrogens is 382 g/mol. The van der Waals surface area contributed by atoms with Crippen LogP contribution in [0.15, 0.2) is 70.6 Å². The maximum Gasteiger partial charge on any atom is 0.226 e. The minimum Gasteiger partial charge on any atom is -0.339 e. The highest BCUT2D eigenvalue weighted by atomic mass is 35.5. The van der Waals surface area contributed by atoms with Gasteiger partial charge in [0.25, 0.3) is 0 Å². The van der Waals surface area contributed by atoms with Crippen LogP contribution in [0.25, 0.3) is 17.1 Å². The van der Waals surface area contributed by atoms with Crippen LogP contribution in [-0.2, 0) is 6.42 Å². The average molecular weight is 398 g/mol. The third kappa shape index (κ3) is 4.37. The predicted octanol–water partition coefficient (Wildman–Crippen LogP) is 4.70. The van der Waals surface area contributed by atoms with Crippen molar-refractivity contribution in [2.45, 2.75) is 18.0 Å². The summed E-state index contributed by atoms with van der Waals surface area (Å²) < 4.78 is 7.27. The number of thioether (sulfide) groups is 1. The van der Waals surface area contributed by atoms with Gasteiger partial charge in [-0.25, -0.2) is 0 Å². The average Bonchev–Trinajstić information content (AvgIpc) is 3.36. The first kappa shape index (κ1) is 17.8. The van der Waals surface area contributed by atoms with E-state index in [1.54, 1.807) is 18.1 Å². The van der Waals surface area contributed by atoms with Gasteiger partial charge in [0.1, 0.15) is 6.33 Å². The maximum atomic E-state index is 6.07. The lowest BCUT2D eigenvalue weighted by atomic mass is 10.2. The Labute approximate surface area is 165 Å². The molecule has 0 spiro atoms. The van der Waals surface area contributed by atoms with E-state index in [0.717, 1.165) is 35.0 Å². The van der Waals surface area contributed by atoms with Crippen molar-refractivity contribution in [3.63, 3.8) is 0 Å². The third-order valence-electron chi connectivity index (χ3n) is 3.87. The number of hydrogen-bond donors (Lipinski definition) is 0. The molecule has 0 aliphatic carbocycles. The zero-order valence-corrected chi connectivity index (χ0v) is 15.9. The molecule has 136 valence electrons. The molecule has 2 aromatic carbocycles. The van der Waals surface area contributed by atoms with E-state index in [1.165, 1.54) is 0 Å². The highest BCUT2D eigenvalue weighted by Crippen LogP contribution is 2.23. The molecule has 0 aliphatic heterocycles. The molecule has 0 bridgehead atoms. The van der Waals surface area contributed by atoms with Gasteiger partial charge in [-0.3, -0.25) is 4.57 Å². The van der Waals surface area contributed by atoms with Crippen LogP contribution < -0.4 is 0 Å². The van der Waals surface area contributed by atoms with Gasteiger partial charge in [0.2, 0.25) is 11.7 Å². The first-order chi connectivity index (χ1) is 13.3. The molecule has 4 aromatic rings. The Hall–Kier alpha value is -2.64. The lowest BCUT2D eigenvalue weighted by molar-refractivity contribution is 0.378. The monoisotopic (exact) mass is 397 g/mol. The van der Waals surface area contributed by atoms with Crippen molar-refractivity contribution in [1.29, 1.82) is 0 Å². The van der Waals surface area contributed by atoms with E-state index in [1.807, 2.05) is 59.2 Å². The number of rotatable bonds is 7. The summed E-state index contributed by atoms with van der Waals surface area (Å²) in [7, 11) is 0. The largest absolute Gasteiger partial charge is 0.339 e. The predicted molar refractivity (Wildman–Crippen MR) is 105 cm³/mol. The highest BCUT2D eigenvalue weighted by molar-refractivity contribution is 7.99. The van der Waals surface area contributed by atoms with E-state index in [-0.39, 0.29) is 0 Å². The number of nitrogens with zero attached hydrogens (tertiary/aromatic N) is 5. The molecule has 2 heterocycles. The Morgan fingerprint density at radius 3 is 2.81 bits per heavy atom. The van der Waals surface area contributed by atoms with Crippen LogP contribution in [-0.4, -0.2) is 30.7 Å². The minimum atomic E-state index is 0.624.